The molecule has 0 atom stereocenters. The first-order valence-electron chi connectivity index (χ1n) is 19.9. The molecule has 0 saturated heterocycles. The van der Waals surface area contributed by atoms with Crippen molar-refractivity contribution in [3.05, 3.63) is 193 Å². The number of para-hydroxylation sites is 1. The Kier molecular flexibility index (Phi) is 7.88. The average molecular weight is 748 g/mol. The van der Waals surface area contributed by atoms with Crippen molar-refractivity contribution in [2.24, 2.45) is 0 Å². The maximum atomic E-state index is 5.21. The fraction of sp³-hybridized carbons (Fsp3) is 0.0769. The van der Waals surface area contributed by atoms with Crippen LogP contribution in [0.5, 0.6) is 0 Å². The molecule has 6 nitrogen and oxygen atoms in total. The number of nitrogens with two attached hydrogens (primary N) is 1. The first-order chi connectivity index (χ1) is 28.5. The maximum absolute atomic E-state index is 5.21. The molecule has 0 saturated carbocycles. The third-order valence-corrected chi connectivity index (χ3v) is 11.8. The summed E-state index contributed by atoms with van der Waals surface area (Å²) in [5, 5.41) is 4.61. The van der Waals surface area contributed by atoms with E-state index in [1.165, 1.54) is 38.5 Å². The van der Waals surface area contributed by atoms with Gasteiger partial charge in [0.2, 0.25) is 0 Å². The minimum Gasteiger partial charge on any atom is -0.316 e. The summed E-state index contributed by atoms with van der Waals surface area (Å²) in [5.74, 6) is 1.81. The van der Waals surface area contributed by atoms with E-state index in [-0.39, 0.29) is 5.41 Å². The molecule has 276 valence electrons. The van der Waals surface area contributed by atoms with Crippen LogP contribution in [0.3, 0.4) is 0 Å². The molecule has 0 unspecified atom stereocenters. The highest BCUT2D eigenvalue weighted by molar-refractivity contribution is 6.14. The summed E-state index contributed by atoms with van der Waals surface area (Å²) in [4.78, 5) is 19.8. The van der Waals surface area contributed by atoms with Gasteiger partial charge in [-0.05, 0) is 75.9 Å². The van der Waals surface area contributed by atoms with Crippen molar-refractivity contribution in [2.45, 2.75) is 19.3 Å². The molecule has 3 aromatic heterocycles. The highest BCUT2D eigenvalue weighted by Crippen LogP contribution is 2.54. The number of nitrogens with zero attached hydrogens (tertiary/aromatic N) is 5. The summed E-state index contributed by atoms with van der Waals surface area (Å²) in [5.41, 5.74) is 15.6. The molecule has 4 heterocycles. The molecule has 2 N–H and O–H groups in total. The van der Waals surface area contributed by atoms with Gasteiger partial charge >= 0.3 is 0 Å². The maximum Gasteiger partial charge on any atom is 0.169 e. The van der Waals surface area contributed by atoms with Crippen molar-refractivity contribution >= 4 is 27.4 Å². The van der Waals surface area contributed by atoms with Crippen molar-refractivity contribution in [1.82, 2.24) is 24.5 Å². The minimum absolute atomic E-state index is 0.235. The van der Waals surface area contributed by atoms with E-state index < -0.39 is 0 Å². The lowest BCUT2D eigenvalue weighted by atomic mass is 9.81. The van der Waals surface area contributed by atoms with Gasteiger partial charge in [0.1, 0.15) is 6.20 Å². The van der Waals surface area contributed by atoms with E-state index in [9.17, 15) is 0 Å². The summed E-state index contributed by atoms with van der Waals surface area (Å²) < 4.78 is 2.55. The van der Waals surface area contributed by atoms with E-state index in [1.54, 1.807) is 6.20 Å². The summed E-state index contributed by atoms with van der Waals surface area (Å²) in [6.45, 7) is 5.64. The second kappa shape index (κ2) is 13.4. The fourth-order valence-corrected chi connectivity index (χ4v) is 9.16. The normalized spacial score (nSPS) is 14.1. The van der Waals surface area contributed by atoms with Crippen LogP contribution in [0.25, 0.3) is 89.2 Å². The van der Waals surface area contributed by atoms with Crippen LogP contribution in [-0.2, 0) is 5.41 Å². The van der Waals surface area contributed by atoms with E-state index in [1.807, 2.05) is 18.3 Å². The van der Waals surface area contributed by atoms with Gasteiger partial charge < -0.3 is 9.88 Å². The highest BCUT2D eigenvalue weighted by Gasteiger charge is 2.39. The summed E-state index contributed by atoms with van der Waals surface area (Å²) in [7, 11) is 0. The lowest BCUT2D eigenvalue weighted by Crippen LogP contribution is -2.78. The minimum atomic E-state index is -0.235. The van der Waals surface area contributed by atoms with Crippen LogP contribution in [-0.4, -0.2) is 31.0 Å². The Balaban J connectivity index is 1.28. The first-order valence-corrected chi connectivity index (χ1v) is 19.9. The average Bonchev–Trinajstić information content (AvgIpc) is 3.75. The molecule has 0 radical (unpaired) electrons. The van der Waals surface area contributed by atoms with Gasteiger partial charge in [-0.2, -0.15) is 0 Å². The van der Waals surface area contributed by atoms with Crippen LogP contribution in [0.15, 0.2) is 176 Å². The predicted molar refractivity (Wildman–Crippen MR) is 235 cm³/mol. The number of hydrogen-bond acceptors (Lipinski definition) is 4. The molecular weight excluding hydrogens is 709 g/mol. The Hall–Kier alpha value is -7.28. The number of rotatable bonds is 6. The molecule has 58 heavy (non-hydrogen) atoms. The SMILES string of the molecule is CC1(C)c2ccccc2-c2ccc3c4ccccc4n(-c4c(-c5ccccc5)cc(-c5nc(C6=C[NH2+]CC=C6)nc(-c6cccnc6)n5)cc4-c4ccccc4)c3c21. The van der Waals surface area contributed by atoms with E-state index in [2.05, 4.69) is 181 Å². The summed E-state index contributed by atoms with van der Waals surface area (Å²) in [6.07, 6.45) is 9.92. The van der Waals surface area contributed by atoms with E-state index in [4.69, 9.17) is 15.0 Å². The van der Waals surface area contributed by atoms with Crippen molar-refractivity contribution in [3.63, 3.8) is 0 Å². The van der Waals surface area contributed by atoms with Gasteiger partial charge in [-0.15, -0.1) is 0 Å². The quantitative estimate of drug-likeness (QED) is 0.184. The van der Waals surface area contributed by atoms with Crippen LogP contribution in [0.4, 0.5) is 0 Å². The van der Waals surface area contributed by atoms with Gasteiger partial charge in [0.05, 0.1) is 28.8 Å². The van der Waals surface area contributed by atoms with Crippen molar-refractivity contribution < 1.29 is 5.32 Å². The molecule has 0 spiro atoms. The van der Waals surface area contributed by atoms with E-state index >= 15 is 0 Å². The number of benzene rings is 6. The number of hydrogen-bond donors (Lipinski definition) is 1. The molecule has 6 heteroatoms. The lowest BCUT2D eigenvalue weighted by Gasteiger charge is -2.26. The molecule has 0 amide bonds. The second-order valence-corrected chi connectivity index (χ2v) is 15.6. The zero-order valence-electron chi connectivity index (χ0n) is 32.3. The number of allylic oxidation sites excluding steroid dienone is 2. The Labute approximate surface area is 337 Å². The third-order valence-electron chi connectivity index (χ3n) is 11.8. The molecule has 1 aliphatic heterocycles. The van der Waals surface area contributed by atoms with E-state index in [0.29, 0.717) is 17.5 Å². The van der Waals surface area contributed by atoms with Crippen molar-refractivity contribution in [3.8, 4) is 61.8 Å². The van der Waals surface area contributed by atoms with E-state index in [0.717, 1.165) is 56.7 Å². The molecule has 1 aliphatic carbocycles. The Morgan fingerprint density at radius 3 is 1.93 bits per heavy atom. The fourth-order valence-electron chi connectivity index (χ4n) is 9.16. The number of aromatic nitrogens is 5. The van der Waals surface area contributed by atoms with Gasteiger partial charge in [0.15, 0.2) is 17.5 Å². The first kappa shape index (κ1) is 34.0. The van der Waals surface area contributed by atoms with Crippen LogP contribution in [0, 0.1) is 0 Å². The topological polar surface area (TPSA) is 73.1 Å². The van der Waals surface area contributed by atoms with Crippen molar-refractivity contribution in [2.75, 3.05) is 6.54 Å². The Bertz CT molecular complexity index is 3060. The van der Waals surface area contributed by atoms with Crippen LogP contribution in [0.2, 0.25) is 0 Å². The summed E-state index contributed by atoms with van der Waals surface area (Å²) >= 11 is 0. The Morgan fingerprint density at radius 1 is 0.569 bits per heavy atom. The van der Waals surface area contributed by atoms with Gasteiger partial charge in [0, 0.05) is 50.8 Å². The van der Waals surface area contributed by atoms with Crippen LogP contribution < -0.4 is 5.32 Å². The zero-order valence-corrected chi connectivity index (χ0v) is 32.3. The van der Waals surface area contributed by atoms with Gasteiger partial charge in [-0.3, -0.25) is 4.98 Å². The monoisotopic (exact) mass is 747 g/mol. The molecule has 0 bridgehead atoms. The molecule has 2 aliphatic rings. The van der Waals surface area contributed by atoms with Crippen molar-refractivity contribution in [1.29, 1.82) is 0 Å². The highest BCUT2D eigenvalue weighted by atomic mass is 15.0. The third kappa shape index (κ3) is 5.37. The molecule has 9 aromatic rings. The van der Waals surface area contributed by atoms with Gasteiger partial charge in [0.25, 0.3) is 0 Å². The smallest absolute Gasteiger partial charge is 0.169 e. The number of pyridine rings is 1. The zero-order chi connectivity index (χ0) is 38.8. The van der Waals surface area contributed by atoms with Gasteiger partial charge in [-0.25, -0.2) is 15.0 Å². The lowest BCUT2D eigenvalue weighted by molar-refractivity contribution is -0.577. The summed E-state index contributed by atoms with van der Waals surface area (Å²) in [6, 6.07) is 52.4. The standard InChI is InChI=1S/C52H38N6/c1-52(2)44-23-11-9-21-38(44)40-25-26-41-39-22-10-12-24-45(39)58(48(41)46(40)52)47-42(33-15-5-3-6-16-33)29-37(30-43(47)34-17-7-4-8-18-34)51-56-49(35-19-13-27-53-31-35)55-50(57-51)36-20-14-28-54-32-36/h3-27,29-32,54H,28H2,1-2H3/p+1. The molecule has 11 rings (SSSR count). The predicted octanol–water partition coefficient (Wildman–Crippen LogP) is 10.8. The van der Waals surface area contributed by atoms with Crippen LogP contribution in [0.1, 0.15) is 30.8 Å². The largest absolute Gasteiger partial charge is 0.316 e. The second-order valence-electron chi connectivity index (χ2n) is 15.6. The molecule has 6 aromatic carbocycles. The van der Waals surface area contributed by atoms with Crippen LogP contribution >= 0.6 is 0 Å². The Morgan fingerprint density at radius 2 is 1.22 bits per heavy atom. The molecular formula is C52H39N6+. The molecule has 0 fully saturated rings. The number of fused-ring (bicyclic) bond motifs is 7. The number of quaternary nitrogens is 1. The van der Waals surface area contributed by atoms with Gasteiger partial charge in [-0.1, -0.05) is 129 Å².